The summed E-state index contributed by atoms with van der Waals surface area (Å²) < 4.78 is 5.10. The molecule has 1 aliphatic heterocycles. The van der Waals surface area contributed by atoms with E-state index >= 15 is 0 Å². The molecular weight excluding hydrogens is 426 g/mol. The van der Waals surface area contributed by atoms with E-state index in [0.29, 0.717) is 19.6 Å². The number of carbonyl (C=O) groups excluding carboxylic acids is 2. The summed E-state index contributed by atoms with van der Waals surface area (Å²) in [6, 6.07) is 16.0. The molecule has 2 aliphatic rings. The van der Waals surface area contributed by atoms with Crippen molar-refractivity contribution in [2.45, 2.75) is 46.1 Å². The van der Waals surface area contributed by atoms with Crippen molar-refractivity contribution >= 4 is 23.1 Å². The van der Waals surface area contributed by atoms with Gasteiger partial charge in [0.1, 0.15) is 0 Å². The summed E-state index contributed by atoms with van der Waals surface area (Å²) in [5.41, 5.74) is 5.61. The van der Waals surface area contributed by atoms with Crippen LogP contribution in [0.2, 0.25) is 0 Å². The van der Waals surface area contributed by atoms with Gasteiger partial charge < -0.3 is 20.3 Å². The SMILES string of the molecule is COCCCNC(=O)CN1c2ccccc2NC2=C(C(=O)CC(C)(C)C2)[C@@H]1c1ccc(C)cc1. The van der Waals surface area contributed by atoms with Gasteiger partial charge in [0.25, 0.3) is 0 Å². The Morgan fingerprint density at radius 2 is 1.88 bits per heavy atom. The highest BCUT2D eigenvalue weighted by Gasteiger charge is 2.41. The number of para-hydroxylation sites is 2. The number of methoxy groups -OCH3 is 1. The standard InChI is InChI=1S/C28H35N3O3/c1-19-10-12-20(13-11-19)27-26-22(16-28(2,3)17-24(26)32)30-21-8-5-6-9-23(21)31(27)18-25(33)29-14-7-15-34-4/h5-6,8-13,27,30H,7,14-18H2,1-4H3,(H,29,33)/t27-/m0/s1. The molecule has 2 aromatic carbocycles. The molecule has 2 aromatic rings. The Bertz CT molecular complexity index is 1090. The fourth-order valence-electron chi connectivity index (χ4n) is 4.98. The predicted molar refractivity (Wildman–Crippen MR) is 136 cm³/mol. The fraction of sp³-hybridized carbons (Fsp3) is 0.429. The number of amides is 1. The fourth-order valence-corrected chi connectivity index (χ4v) is 4.98. The molecular formula is C28H35N3O3. The number of nitrogens with zero attached hydrogens (tertiary/aromatic N) is 1. The highest BCUT2D eigenvalue weighted by Crippen LogP contribution is 2.48. The third kappa shape index (κ3) is 5.17. The number of rotatable bonds is 7. The first-order valence-electron chi connectivity index (χ1n) is 12.0. The summed E-state index contributed by atoms with van der Waals surface area (Å²) >= 11 is 0. The van der Waals surface area contributed by atoms with E-state index in [0.717, 1.165) is 46.6 Å². The van der Waals surface area contributed by atoms with Crippen LogP contribution in [0.15, 0.2) is 59.8 Å². The van der Waals surface area contributed by atoms with Crippen LogP contribution in [0.5, 0.6) is 0 Å². The molecule has 0 unspecified atom stereocenters. The van der Waals surface area contributed by atoms with Gasteiger partial charge >= 0.3 is 0 Å². The maximum absolute atomic E-state index is 13.6. The van der Waals surface area contributed by atoms with Gasteiger partial charge in [0, 0.05) is 38.0 Å². The summed E-state index contributed by atoms with van der Waals surface area (Å²) in [7, 11) is 1.66. The lowest BCUT2D eigenvalue weighted by Crippen LogP contribution is -2.42. The number of ketones is 1. The number of nitrogens with one attached hydrogen (secondary N) is 2. The summed E-state index contributed by atoms with van der Waals surface area (Å²) in [6.07, 6.45) is 2.02. The summed E-state index contributed by atoms with van der Waals surface area (Å²) in [6.45, 7) is 7.63. The normalized spacial score (nSPS) is 19.1. The van der Waals surface area contributed by atoms with Crippen molar-refractivity contribution in [2.24, 2.45) is 5.41 Å². The molecule has 0 radical (unpaired) electrons. The zero-order valence-corrected chi connectivity index (χ0v) is 20.6. The molecule has 6 nitrogen and oxygen atoms in total. The van der Waals surface area contributed by atoms with Crippen molar-refractivity contribution in [1.82, 2.24) is 5.32 Å². The highest BCUT2D eigenvalue weighted by atomic mass is 16.5. The molecule has 0 aromatic heterocycles. The molecule has 1 heterocycles. The van der Waals surface area contributed by atoms with E-state index in [9.17, 15) is 9.59 Å². The zero-order chi connectivity index (χ0) is 24.3. The van der Waals surface area contributed by atoms with E-state index in [-0.39, 0.29) is 29.7 Å². The van der Waals surface area contributed by atoms with Crippen molar-refractivity contribution in [3.8, 4) is 0 Å². The van der Waals surface area contributed by atoms with Crippen LogP contribution >= 0.6 is 0 Å². The number of hydrogen-bond donors (Lipinski definition) is 2. The van der Waals surface area contributed by atoms with Gasteiger partial charge in [-0.2, -0.15) is 0 Å². The van der Waals surface area contributed by atoms with Gasteiger partial charge in [-0.15, -0.1) is 0 Å². The van der Waals surface area contributed by atoms with Gasteiger partial charge in [-0.3, -0.25) is 9.59 Å². The Hall–Kier alpha value is -3.12. The molecule has 1 atom stereocenters. The van der Waals surface area contributed by atoms with Crippen molar-refractivity contribution in [3.63, 3.8) is 0 Å². The van der Waals surface area contributed by atoms with Crippen LogP contribution in [0.4, 0.5) is 11.4 Å². The number of benzene rings is 2. The monoisotopic (exact) mass is 461 g/mol. The Labute approximate surface area is 202 Å². The second-order valence-electron chi connectivity index (χ2n) is 10.1. The molecule has 34 heavy (non-hydrogen) atoms. The van der Waals surface area contributed by atoms with Crippen LogP contribution in [-0.4, -0.2) is 38.5 Å². The highest BCUT2D eigenvalue weighted by molar-refractivity contribution is 6.01. The molecule has 6 heteroatoms. The summed E-state index contributed by atoms with van der Waals surface area (Å²) in [5, 5.41) is 6.60. The third-order valence-corrected chi connectivity index (χ3v) is 6.56. The van der Waals surface area contributed by atoms with Gasteiger partial charge in [0.15, 0.2) is 5.78 Å². The number of carbonyl (C=O) groups is 2. The minimum absolute atomic E-state index is 0.0735. The molecule has 0 spiro atoms. The van der Waals surface area contributed by atoms with Crippen LogP contribution in [0.25, 0.3) is 0 Å². The van der Waals surface area contributed by atoms with Crippen molar-refractivity contribution < 1.29 is 14.3 Å². The molecule has 0 saturated heterocycles. The second-order valence-corrected chi connectivity index (χ2v) is 10.1. The average Bonchev–Trinajstić information content (AvgIpc) is 2.91. The molecule has 2 N–H and O–H groups in total. The number of fused-ring (bicyclic) bond motifs is 1. The van der Waals surface area contributed by atoms with Crippen LogP contribution in [-0.2, 0) is 14.3 Å². The maximum Gasteiger partial charge on any atom is 0.239 e. The Kier molecular flexibility index (Phi) is 7.08. The lowest BCUT2D eigenvalue weighted by Gasteiger charge is -2.38. The van der Waals surface area contributed by atoms with Gasteiger partial charge in [-0.1, -0.05) is 55.8 Å². The van der Waals surface area contributed by atoms with E-state index < -0.39 is 0 Å². The topological polar surface area (TPSA) is 70.7 Å². The van der Waals surface area contributed by atoms with E-state index in [2.05, 4.69) is 60.6 Å². The predicted octanol–water partition coefficient (Wildman–Crippen LogP) is 4.76. The first-order valence-corrected chi connectivity index (χ1v) is 12.0. The molecule has 0 saturated carbocycles. The van der Waals surface area contributed by atoms with E-state index in [1.807, 2.05) is 24.3 Å². The van der Waals surface area contributed by atoms with Gasteiger partial charge in [0.05, 0.1) is 24.0 Å². The molecule has 1 amide bonds. The Morgan fingerprint density at radius 3 is 2.62 bits per heavy atom. The number of aryl methyl sites for hydroxylation is 1. The van der Waals surface area contributed by atoms with E-state index in [1.165, 1.54) is 0 Å². The second kappa shape index (κ2) is 10.0. The van der Waals surface area contributed by atoms with E-state index in [1.54, 1.807) is 7.11 Å². The Balaban J connectivity index is 1.80. The minimum atomic E-state index is -0.347. The molecule has 4 rings (SSSR count). The van der Waals surface area contributed by atoms with Crippen LogP contribution < -0.4 is 15.5 Å². The number of allylic oxidation sites excluding steroid dienone is 1. The number of Topliss-reactive ketones (excluding diaryl/α,β-unsaturated/α-hetero) is 1. The van der Waals surface area contributed by atoms with E-state index in [4.69, 9.17) is 4.74 Å². The van der Waals surface area contributed by atoms with Gasteiger partial charge in [0.2, 0.25) is 5.91 Å². The van der Waals surface area contributed by atoms with Gasteiger partial charge in [-0.25, -0.2) is 0 Å². The summed E-state index contributed by atoms with van der Waals surface area (Å²) in [4.78, 5) is 28.8. The largest absolute Gasteiger partial charge is 0.385 e. The molecule has 0 fully saturated rings. The van der Waals surface area contributed by atoms with Crippen LogP contribution in [0.1, 0.15) is 50.3 Å². The number of hydrogen-bond acceptors (Lipinski definition) is 5. The van der Waals surface area contributed by atoms with Crippen LogP contribution in [0.3, 0.4) is 0 Å². The Morgan fingerprint density at radius 1 is 1.15 bits per heavy atom. The maximum atomic E-state index is 13.6. The third-order valence-electron chi connectivity index (χ3n) is 6.56. The van der Waals surface area contributed by atoms with Crippen molar-refractivity contribution in [2.75, 3.05) is 37.0 Å². The smallest absolute Gasteiger partial charge is 0.239 e. The van der Waals surface area contributed by atoms with Crippen molar-refractivity contribution in [3.05, 3.63) is 70.9 Å². The lowest BCUT2D eigenvalue weighted by atomic mass is 9.73. The lowest BCUT2D eigenvalue weighted by molar-refractivity contribution is -0.120. The molecule has 1 aliphatic carbocycles. The average molecular weight is 462 g/mol. The zero-order valence-electron chi connectivity index (χ0n) is 20.6. The first-order chi connectivity index (χ1) is 16.3. The van der Waals surface area contributed by atoms with Crippen LogP contribution in [0, 0.1) is 12.3 Å². The quantitative estimate of drug-likeness (QED) is 0.582. The van der Waals surface area contributed by atoms with Gasteiger partial charge in [-0.05, 0) is 42.9 Å². The first kappa shape index (κ1) is 24.0. The molecule has 0 bridgehead atoms. The number of ether oxygens (including phenoxy) is 1. The molecule has 180 valence electrons. The number of anilines is 2. The van der Waals surface area contributed by atoms with Crippen molar-refractivity contribution in [1.29, 1.82) is 0 Å². The summed E-state index contributed by atoms with van der Waals surface area (Å²) in [5.74, 6) is 0.0679. The minimum Gasteiger partial charge on any atom is -0.385 e.